The molecule has 0 unspecified atom stereocenters. The van der Waals surface area contributed by atoms with E-state index in [9.17, 15) is 12.8 Å². The fourth-order valence-corrected chi connectivity index (χ4v) is 7.43. The van der Waals surface area contributed by atoms with Gasteiger partial charge in [-0.25, -0.2) is 22.8 Å². The molecule has 0 fully saturated rings. The molecule has 5 rings (SSSR count). The first-order chi connectivity index (χ1) is 21.2. The molecule has 0 aliphatic carbocycles. The van der Waals surface area contributed by atoms with Crippen molar-refractivity contribution in [1.29, 1.82) is 0 Å². The van der Waals surface area contributed by atoms with E-state index < -0.39 is 9.84 Å². The maximum absolute atomic E-state index is 13.5. The molecule has 44 heavy (non-hydrogen) atoms. The van der Waals surface area contributed by atoms with Crippen LogP contribution in [0.4, 0.5) is 15.9 Å². The van der Waals surface area contributed by atoms with Crippen LogP contribution in [0.15, 0.2) is 97.3 Å². The Morgan fingerprint density at radius 1 is 0.932 bits per heavy atom. The van der Waals surface area contributed by atoms with Gasteiger partial charge in [-0.1, -0.05) is 84.1 Å². The monoisotopic (exact) mass is 666 g/mol. The van der Waals surface area contributed by atoms with E-state index in [1.165, 1.54) is 30.2 Å². The van der Waals surface area contributed by atoms with E-state index in [2.05, 4.69) is 20.6 Å². The molecule has 0 saturated heterocycles. The predicted octanol–water partition coefficient (Wildman–Crippen LogP) is 7.47. The average Bonchev–Trinajstić information content (AvgIpc) is 3.00. The van der Waals surface area contributed by atoms with Crippen LogP contribution in [0.3, 0.4) is 0 Å². The summed E-state index contributed by atoms with van der Waals surface area (Å²) in [7, 11) is -3.23. The molecular weight excluding hydrogens is 639 g/mol. The van der Waals surface area contributed by atoms with Gasteiger partial charge < -0.3 is 15.4 Å². The number of fused-ring (bicyclic) bond motifs is 1. The molecule has 0 atom stereocenters. The lowest BCUT2D eigenvalue weighted by Gasteiger charge is -2.13. The Morgan fingerprint density at radius 2 is 1.75 bits per heavy atom. The molecule has 4 aromatic carbocycles. The van der Waals surface area contributed by atoms with Crippen molar-refractivity contribution >= 4 is 72.1 Å². The van der Waals surface area contributed by atoms with Crippen LogP contribution in [0.25, 0.3) is 10.9 Å². The largest absolute Gasteiger partial charge is 0.487 e. The molecule has 1 aromatic heterocycles. The van der Waals surface area contributed by atoms with Gasteiger partial charge in [0, 0.05) is 23.4 Å². The first-order valence-electron chi connectivity index (χ1n) is 13.6. The summed E-state index contributed by atoms with van der Waals surface area (Å²) in [4.78, 5) is 8.80. The highest BCUT2D eigenvalue weighted by atomic mass is 35.5. The minimum absolute atomic E-state index is 0.0187. The van der Waals surface area contributed by atoms with Crippen molar-refractivity contribution in [3.8, 4) is 5.75 Å². The van der Waals surface area contributed by atoms with Gasteiger partial charge in [0.25, 0.3) is 0 Å². The smallest absolute Gasteiger partial charge is 0.155 e. The van der Waals surface area contributed by atoms with Gasteiger partial charge in [0.1, 0.15) is 34.6 Å². The molecule has 1 heterocycles. The molecular formula is C32H28ClFN4O3S3. The summed E-state index contributed by atoms with van der Waals surface area (Å²) in [5.41, 5.74) is 3.89. The zero-order valence-electron chi connectivity index (χ0n) is 23.4. The average molecular weight is 667 g/mol. The standard InChI is InChI=1S/C32H28ClFN4O3S3/c33-28-17-26(10-12-30(28)41-19-24-7-4-8-25(34)15-24)38-31-27-16-23(9-11-29(27)36-21-37-31)18-35-32(42)43-13-14-44(39,40)20-22-5-2-1-3-6-22/h1-12,15-17,21H,13-14,18-20H2,(H,35,42)(H,36,37,38). The number of thioether (sulfide) groups is 1. The third-order valence-corrected chi connectivity index (χ3v) is 9.94. The van der Waals surface area contributed by atoms with Crippen molar-refractivity contribution in [2.45, 2.75) is 18.9 Å². The van der Waals surface area contributed by atoms with Crippen molar-refractivity contribution in [2.75, 3.05) is 16.8 Å². The molecule has 0 aliphatic rings. The molecule has 226 valence electrons. The van der Waals surface area contributed by atoms with Crippen LogP contribution in [-0.4, -0.2) is 34.2 Å². The molecule has 12 heteroatoms. The van der Waals surface area contributed by atoms with Crippen molar-refractivity contribution in [1.82, 2.24) is 15.3 Å². The maximum atomic E-state index is 13.5. The number of halogens is 2. The predicted molar refractivity (Wildman–Crippen MR) is 181 cm³/mol. The Hall–Kier alpha value is -3.77. The van der Waals surface area contributed by atoms with E-state index in [-0.39, 0.29) is 23.9 Å². The molecule has 0 radical (unpaired) electrons. The first kappa shape index (κ1) is 31.6. The van der Waals surface area contributed by atoms with E-state index in [1.807, 2.05) is 54.6 Å². The number of anilines is 2. The number of sulfone groups is 1. The van der Waals surface area contributed by atoms with Crippen LogP contribution < -0.4 is 15.4 Å². The Labute approximate surface area is 270 Å². The second kappa shape index (κ2) is 14.8. The third kappa shape index (κ3) is 9.12. The molecule has 5 aromatic rings. The van der Waals surface area contributed by atoms with E-state index in [4.69, 9.17) is 28.6 Å². The quantitative estimate of drug-likeness (QED) is 0.132. The lowest BCUT2D eigenvalue weighted by Crippen LogP contribution is -2.20. The second-order valence-corrected chi connectivity index (χ2v) is 14.2. The minimum Gasteiger partial charge on any atom is -0.487 e. The van der Waals surface area contributed by atoms with Gasteiger partial charge in [0.15, 0.2) is 9.84 Å². The van der Waals surface area contributed by atoms with Crippen LogP contribution in [0, 0.1) is 5.82 Å². The fourth-order valence-electron chi connectivity index (χ4n) is 4.32. The molecule has 0 amide bonds. The second-order valence-electron chi connectivity index (χ2n) is 9.83. The van der Waals surface area contributed by atoms with E-state index in [0.717, 1.165) is 22.0 Å². The van der Waals surface area contributed by atoms with Gasteiger partial charge in [-0.15, -0.1) is 0 Å². The van der Waals surface area contributed by atoms with Crippen molar-refractivity contribution in [2.24, 2.45) is 0 Å². The van der Waals surface area contributed by atoms with Gasteiger partial charge in [-0.05, 0) is 59.2 Å². The van der Waals surface area contributed by atoms with Gasteiger partial charge >= 0.3 is 0 Å². The highest BCUT2D eigenvalue weighted by Gasteiger charge is 2.13. The van der Waals surface area contributed by atoms with Crippen LogP contribution in [0.1, 0.15) is 16.7 Å². The van der Waals surface area contributed by atoms with Crippen molar-refractivity contribution < 1.29 is 17.5 Å². The molecule has 0 spiro atoms. The zero-order valence-corrected chi connectivity index (χ0v) is 26.6. The van der Waals surface area contributed by atoms with Gasteiger partial charge in [0.05, 0.1) is 22.0 Å². The Kier molecular flexibility index (Phi) is 10.6. The number of rotatable bonds is 12. The Bertz CT molecular complexity index is 1880. The van der Waals surface area contributed by atoms with Crippen LogP contribution in [0.5, 0.6) is 5.75 Å². The number of ether oxygens (including phenoxy) is 1. The summed E-state index contributed by atoms with van der Waals surface area (Å²) in [6.07, 6.45) is 1.48. The number of thiocarbonyl (C=S) groups is 1. The molecule has 7 nitrogen and oxygen atoms in total. The van der Waals surface area contributed by atoms with Crippen molar-refractivity contribution in [3.63, 3.8) is 0 Å². The molecule has 0 aliphatic heterocycles. The van der Waals surface area contributed by atoms with E-state index in [1.54, 1.807) is 24.3 Å². The maximum Gasteiger partial charge on any atom is 0.155 e. The number of hydrogen-bond acceptors (Lipinski definition) is 8. The molecule has 0 bridgehead atoms. The van der Waals surface area contributed by atoms with Crippen LogP contribution in [-0.2, 0) is 28.7 Å². The summed E-state index contributed by atoms with van der Waals surface area (Å²) < 4.78 is 44.7. The van der Waals surface area contributed by atoms with E-state index >= 15 is 0 Å². The zero-order chi connectivity index (χ0) is 30.9. The normalized spacial score (nSPS) is 11.3. The summed E-state index contributed by atoms with van der Waals surface area (Å²) in [6.45, 7) is 0.642. The Balaban J connectivity index is 1.16. The van der Waals surface area contributed by atoms with Gasteiger partial charge in [-0.3, -0.25) is 0 Å². The SMILES string of the molecule is O=S(=O)(CCSC(=S)NCc1ccc2ncnc(Nc3ccc(OCc4cccc(F)c4)c(Cl)c3)c2c1)Cc1ccccc1. The van der Waals surface area contributed by atoms with Crippen LogP contribution in [0.2, 0.25) is 5.02 Å². The first-order valence-corrected chi connectivity index (χ1v) is 17.2. The number of hydrogen-bond donors (Lipinski definition) is 2. The lowest BCUT2D eigenvalue weighted by atomic mass is 10.1. The molecule has 2 N–H and O–H groups in total. The summed E-state index contributed by atoms with van der Waals surface area (Å²) >= 11 is 13.2. The Morgan fingerprint density at radius 3 is 2.55 bits per heavy atom. The fraction of sp³-hybridized carbons (Fsp3) is 0.156. The number of nitrogens with one attached hydrogen (secondary N) is 2. The highest BCUT2D eigenvalue weighted by Crippen LogP contribution is 2.31. The van der Waals surface area contributed by atoms with E-state index in [0.29, 0.717) is 44.5 Å². The summed E-state index contributed by atoms with van der Waals surface area (Å²) in [6, 6.07) is 26.5. The summed E-state index contributed by atoms with van der Waals surface area (Å²) in [5.74, 6) is 1.19. The number of aromatic nitrogens is 2. The van der Waals surface area contributed by atoms with Crippen LogP contribution >= 0.6 is 35.6 Å². The number of benzene rings is 4. The van der Waals surface area contributed by atoms with Gasteiger partial charge in [0.2, 0.25) is 0 Å². The van der Waals surface area contributed by atoms with Crippen molar-refractivity contribution in [3.05, 3.63) is 125 Å². The minimum atomic E-state index is -3.23. The molecule has 0 saturated carbocycles. The topological polar surface area (TPSA) is 93.2 Å². The summed E-state index contributed by atoms with van der Waals surface area (Å²) in [5, 5.41) is 7.70. The highest BCUT2D eigenvalue weighted by molar-refractivity contribution is 8.23. The lowest BCUT2D eigenvalue weighted by molar-refractivity contribution is 0.306. The number of nitrogens with zero attached hydrogens (tertiary/aromatic N) is 2. The third-order valence-electron chi connectivity index (χ3n) is 6.47. The van der Waals surface area contributed by atoms with Gasteiger partial charge in [-0.2, -0.15) is 0 Å².